The van der Waals surface area contributed by atoms with Crippen LogP contribution in [0.3, 0.4) is 0 Å². The minimum Gasteiger partial charge on any atom is -0.402 e. The van der Waals surface area contributed by atoms with Crippen LogP contribution < -0.4 is 10.6 Å². The van der Waals surface area contributed by atoms with Gasteiger partial charge in [0.2, 0.25) is 5.13 Å². The van der Waals surface area contributed by atoms with Gasteiger partial charge in [-0.15, -0.1) is 10.2 Å². The number of piperidine rings is 1. The van der Waals surface area contributed by atoms with Gasteiger partial charge in [0.15, 0.2) is 0 Å². The summed E-state index contributed by atoms with van der Waals surface area (Å²) in [7, 11) is 0. The Morgan fingerprint density at radius 3 is 2.52 bits per heavy atom. The van der Waals surface area contributed by atoms with E-state index >= 15 is 0 Å². The first kappa shape index (κ1) is 14.1. The first-order valence-electron chi connectivity index (χ1n) is 7.23. The Labute approximate surface area is 129 Å². The number of aromatic nitrogens is 2. The van der Waals surface area contributed by atoms with Crippen molar-refractivity contribution in [3.63, 3.8) is 0 Å². The van der Waals surface area contributed by atoms with Gasteiger partial charge < -0.3 is 10.6 Å². The number of rotatable bonds is 3. The minimum atomic E-state index is 0.450. The van der Waals surface area contributed by atoms with Gasteiger partial charge in [0.05, 0.1) is 0 Å². The lowest BCUT2D eigenvalue weighted by Gasteiger charge is -2.31. The van der Waals surface area contributed by atoms with Gasteiger partial charge in [-0.2, -0.15) is 0 Å². The molecule has 0 aliphatic carbocycles. The molecule has 2 aromatic rings. The van der Waals surface area contributed by atoms with E-state index in [9.17, 15) is 0 Å². The number of benzene rings is 1. The summed E-state index contributed by atoms with van der Waals surface area (Å²) in [5.41, 5.74) is 9.01. The molecule has 1 aliphatic rings. The van der Waals surface area contributed by atoms with Gasteiger partial charge >= 0.3 is 0 Å². The molecular formula is C16H20N4S. The van der Waals surface area contributed by atoms with Crippen LogP contribution in [0.2, 0.25) is 0 Å². The highest BCUT2D eigenvalue weighted by Gasteiger charge is 2.22. The normalized spacial score (nSPS) is 16.1. The number of nitrogens with zero attached hydrogens (tertiary/aromatic N) is 3. The van der Waals surface area contributed by atoms with Crippen molar-refractivity contribution >= 4 is 16.5 Å². The standard InChI is InChI=1S/C16H20N4S/c1-11-3-5-14(6-4-11)15-18-19-16(21-15)20-9-7-13(8-10-20)12(2)17/h3-6,13H,2,7-10,17H2,1H3. The molecule has 0 atom stereocenters. The molecule has 3 rings (SSSR count). The zero-order valence-electron chi connectivity index (χ0n) is 12.2. The predicted octanol–water partition coefficient (Wildman–Crippen LogP) is 3.20. The van der Waals surface area contributed by atoms with Crippen LogP contribution >= 0.6 is 11.3 Å². The van der Waals surface area contributed by atoms with Crippen molar-refractivity contribution in [1.82, 2.24) is 10.2 Å². The third-order valence-electron chi connectivity index (χ3n) is 4.00. The Balaban J connectivity index is 1.71. The number of nitrogens with two attached hydrogens (primary N) is 1. The Morgan fingerprint density at radius 2 is 1.90 bits per heavy atom. The summed E-state index contributed by atoms with van der Waals surface area (Å²) in [5.74, 6) is 0.450. The number of hydrogen-bond donors (Lipinski definition) is 1. The summed E-state index contributed by atoms with van der Waals surface area (Å²) in [6.07, 6.45) is 2.10. The van der Waals surface area contributed by atoms with Gasteiger partial charge in [0.25, 0.3) is 0 Å². The molecule has 2 N–H and O–H groups in total. The highest BCUT2D eigenvalue weighted by molar-refractivity contribution is 7.18. The predicted molar refractivity (Wildman–Crippen MR) is 88.3 cm³/mol. The molecule has 0 radical (unpaired) electrons. The SMILES string of the molecule is C=C(N)C1CCN(c2nnc(-c3ccc(C)cc3)s2)CC1. The van der Waals surface area contributed by atoms with E-state index < -0.39 is 0 Å². The van der Waals surface area contributed by atoms with Crippen LogP contribution in [0.15, 0.2) is 36.5 Å². The van der Waals surface area contributed by atoms with E-state index in [-0.39, 0.29) is 0 Å². The molecule has 1 aromatic heterocycles. The van der Waals surface area contributed by atoms with Crippen LogP contribution in [0.4, 0.5) is 5.13 Å². The Kier molecular flexibility index (Phi) is 3.92. The first-order chi connectivity index (χ1) is 10.1. The summed E-state index contributed by atoms with van der Waals surface area (Å²) < 4.78 is 0. The van der Waals surface area contributed by atoms with Crippen LogP contribution in [0.1, 0.15) is 18.4 Å². The van der Waals surface area contributed by atoms with Crippen molar-refractivity contribution in [1.29, 1.82) is 0 Å². The summed E-state index contributed by atoms with van der Waals surface area (Å²) in [6, 6.07) is 8.41. The second kappa shape index (κ2) is 5.85. The monoisotopic (exact) mass is 300 g/mol. The molecule has 2 heterocycles. The third-order valence-corrected chi connectivity index (χ3v) is 5.04. The molecule has 4 nitrogen and oxygen atoms in total. The average molecular weight is 300 g/mol. The highest BCUT2D eigenvalue weighted by atomic mass is 32.1. The molecule has 0 unspecified atom stereocenters. The zero-order chi connectivity index (χ0) is 14.8. The summed E-state index contributed by atoms with van der Waals surface area (Å²) in [5, 5.41) is 10.7. The maximum Gasteiger partial charge on any atom is 0.208 e. The van der Waals surface area contributed by atoms with Gasteiger partial charge in [-0.25, -0.2) is 0 Å². The van der Waals surface area contributed by atoms with E-state index in [1.54, 1.807) is 11.3 Å². The highest BCUT2D eigenvalue weighted by Crippen LogP contribution is 2.31. The van der Waals surface area contributed by atoms with Gasteiger partial charge in [-0.3, -0.25) is 0 Å². The molecule has 5 heteroatoms. The largest absolute Gasteiger partial charge is 0.402 e. The third kappa shape index (κ3) is 3.08. The fraction of sp³-hybridized carbons (Fsp3) is 0.375. The summed E-state index contributed by atoms with van der Waals surface area (Å²) in [6.45, 7) is 7.90. The molecule has 21 heavy (non-hydrogen) atoms. The van der Waals surface area contributed by atoms with E-state index in [1.807, 2.05) is 0 Å². The summed E-state index contributed by atoms with van der Waals surface area (Å²) >= 11 is 1.66. The second-order valence-corrected chi connectivity index (χ2v) is 6.55. The second-order valence-electron chi connectivity index (χ2n) is 5.59. The topological polar surface area (TPSA) is 55.0 Å². The van der Waals surface area contributed by atoms with Gasteiger partial charge in [0, 0.05) is 30.3 Å². The Morgan fingerprint density at radius 1 is 1.24 bits per heavy atom. The first-order valence-corrected chi connectivity index (χ1v) is 8.05. The van der Waals surface area contributed by atoms with Crippen molar-refractivity contribution < 1.29 is 0 Å². The van der Waals surface area contributed by atoms with Gasteiger partial charge in [0.1, 0.15) is 5.01 Å². The van der Waals surface area contributed by atoms with E-state index in [0.29, 0.717) is 5.92 Å². The molecule has 110 valence electrons. The molecule has 0 amide bonds. The molecule has 1 aromatic carbocycles. The van der Waals surface area contributed by atoms with Crippen LogP contribution in [-0.2, 0) is 0 Å². The Bertz CT molecular complexity index is 624. The smallest absolute Gasteiger partial charge is 0.208 e. The van der Waals surface area contributed by atoms with Crippen molar-refractivity contribution in [2.24, 2.45) is 11.7 Å². The number of allylic oxidation sites excluding steroid dienone is 1. The van der Waals surface area contributed by atoms with Crippen LogP contribution in [0, 0.1) is 12.8 Å². The molecular weight excluding hydrogens is 280 g/mol. The van der Waals surface area contributed by atoms with Crippen molar-refractivity contribution in [2.45, 2.75) is 19.8 Å². The van der Waals surface area contributed by atoms with Crippen LogP contribution in [-0.4, -0.2) is 23.3 Å². The summed E-state index contributed by atoms with van der Waals surface area (Å²) in [4.78, 5) is 2.30. The lowest BCUT2D eigenvalue weighted by atomic mass is 9.95. The zero-order valence-corrected chi connectivity index (χ0v) is 13.1. The molecule has 1 aliphatic heterocycles. The quantitative estimate of drug-likeness (QED) is 0.945. The molecule has 1 fully saturated rings. The van der Waals surface area contributed by atoms with E-state index in [0.717, 1.165) is 47.3 Å². The van der Waals surface area contributed by atoms with Gasteiger partial charge in [-0.05, 0) is 19.8 Å². The molecule has 0 saturated carbocycles. The van der Waals surface area contributed by atoms with Gasteiger partial charge in [-0.1, -0.05) is 47.7 Å². The maximum atomic E-state index is 5.81. The van der Waals surface area contributed by atoms with Crippen molar-refractivity contribution in [3.8, 4) is 10.6 Å². The molecule has 0 bridgehead atoms. The minimum absolute atomic E-state index is 0.450. The van der Waals surface area contributed by atoms with Crippen molar-refractivity contribution in [3.05, 3.63) is 42.1 Å². The van der Waals surface area contributed by atoms with Crippen LogP contribution in [0.5, 0.6) is 0 Å². The van der Waals surface area contributed by atoms with E-state index in [2.05, 4.69) is 52.9 Å². The van der Waals surface area contributed by atoms with E-state index in [4.69, 9.17) is 5.73 Å². The average Bonchev–Trinajstić information content (AvgIpc) is 2.98. The lowest BCUT2D eigenvalue weighted by Crippen LogP contribution is -2.35. The van der Waals surface area contributed by atoms with Crippen molar-refractivity contribution in [2.75, 3.05) is 18.0 Å². The number of anilines is 1. The fourth-order valence-electron chi connectivity index (χ4n) is 2.60. The fourth-order valence-corrected chi connectivity index (χ4v) is 3.50. The molecule has 1 saturated heterocycles. The van der Waals surface area contributed by atoms with Crippen LogP contribution in [0.25, 0.3) is 10.6 Å². The maximum absolute atomic E-state index is 5.81. The Hall–Kier alpha value is -1.88. The number of hydrogen-bond acceptors (Lipinski definition) is 5. The van der Waals surface area contributed by atoms with E-state index in [1.165, 1.54) is 5.56 Å². The lowest BCUT2D eigenvalue weighted by molar-refractivity contribution is 0.455. The molecule has 0 spiro atoms. The number of aryl methyl sites for hydroxylation is 1.